The van der Waals surface area contributed by atoms with Crippen molar-refractivity contribution in [2.24, 2.45) is 0 Å². The number of carbonyl (C=O) groups is 1. The molecule has 1 saturated heterocycles. The molecule has 1 aliphatic rings. The van der Waals surface area contributed by atoms with Crippen LogP contribution in [0.15, 0.2) is 24.3 Å². The standard InChI is InChI=1S/C11H11Cl4N3O2S/c1-20-6-9-16-18(21-11(13,14)15)10(19)17(9)8-4-2-3-7(12)5-8/h2-5,9,16H,6H2,1H3. The third kappa shape index (κ3) is 4.45. The van der Waals surface area contributed by atoms with Gasteiger partial charge in [-0.2, -0.15) is 9.84 Å². The number of alkyl halides is 3. The van der Waals surface area contributed by atoms with Crippen LogP contribution in [-0.2, 0) is 4.74 Å². The number of anilines is 1. The number of hydrogen-bond donors (Lipinski definition) is 1. The Labute approximate surface area is 146 Å². The molecule has 0 aliphatic carbocycles. The summed E-state index contributed by atoms with van der Waals surface area (Å²) in [4.78, 5) is 14.0. The zero-order valence-corrected chi connectivity index (χ0v) is 14.6. The van der Waals surface area contributed by atoms with Gasteiger partial charge in [-0.05, 0) is 18.2 Å². The van der Waals surface area contributed by atoms with Gasteiger partial charge in [-0.1, -0.05) is 52.5 Å². The molecular weight excluding hydrogens is 380 g/mol. The molecule has 1 atom stereocenters. The normalized spacial score (nSPS) is 19.5. The second-order valence-corrected chi connectivity index (χ2v) is 8.61. The number of nitrogens with one attached hydrogen (secondary N) is 1. The second-order valence-electron chi connectivity index (χ2n) is 4.06. The van der Waals surface area contributed by atoms with E-state index >= 15 is 0 Å². The molecule has 21 heavy (non-hydrogen) atoms. The summed E-state index contributed by atoms with van der Waals surface area (Å²) >= 11 is 23.8. The fourth-order valence-electron chi connectivity index (χ4n) is 1.83. The molecule has 1 aliphatic heterocycles. The smallest absolute Gasteiger partial charge is 0.350 e. The fraction of sp³-hybridized carbons (Fsp3) is 0.364. The molecule has 5 nitrogen and oxygen atoms in total. The Kier molecular flexibility index (Phi) is 5.76. The topological polar surface area (TPSA) is 44.8 Å². The maximum Gasteiger partial charge on any atom is 0.350 e. The highest BCUT2D eigenvalue weighted by molar-refractivity contribution is 8.03. The van der Waals surface area contributed by atoms with Crippen molar-refractivity contribution < 1.29 is 9.53 Å². The molecule has 116 valence electrons. The van der Waals surface area contributed by atoms with Gasteiger partial charge in [-0.25, -0.2) is 4.79 Å². The van der Waals surface area contributed by atoms with E-state index in [0.717, 1.165) is 16.4 Å². The first-order valence-electron chi connectivity index (χ1n) is 5.71. The van der Waals surface area contributed by atoms with Gasteiger partial charge < -0.3 is 4.74 Å². The molecule has 0 radical (unpaired) electrons. The quantitative estimate of drug-likeness (QED) is 0.622. The van der Waals surface area contributed by atoms with Crippen molar-refractivity contribution in [3.8, 4) is 0 Å². The van der Waals surface area contributed by atoms with E-state index < -0.39 is 9.29 Å². The molecule has 0 saturated carbocycles. The largest absolute Gasteiger partial charge is 0.381 e. The monoisotopic (exact) mass is 389 g/mol. The molecule has 1 unspecified atom stereocenters. The number of halogens is 4. The molecule has 1 aromatic rings. The Morgan fingerprint density at radius 2 is 2.14 bits per heavy atom. The third-order valence-corrected chi connectivity index (χ3v) is 4.07. The van der Waals surface area contributed by atoms with E-state index in [0.29, 0.717) is 10.7 Å². The molecule has 0 spiro atoms. The van der Waals surface area contributed by atoms with Crippen LogP contribution in [0.5, 0.6) is 0 Å². The first kappa shape index (κ1) is 17.3. The van der Waals surface area contributed by atoms with Crippen molar-refractivity contribution >= 4 is 70.1 Å². The van der Waals surface area contributed by atoms with Gasteiger partial charge in [-0.3, -0.25) is 4.90 Å². The first-order chi connectivity index (χ1) is 9.81. The summed E-state index contributed by atoms with van der Waals surface area (Å²) < 4.78 is 4.61. The number of nitrogens with zero attached hydrogens (tertiary/aromatic N) is 2. The lowest BCUT2D eigenvalue weighted by atomic mass is 10.3. The van der Waals surface area contributed by atoms with E-state index in [1.54, 1.807) is 24.3 Å². The fourth-order valence-corrected chi connectivity index (χ4v) is 3.19. The van der Waals surface area contributed by atoms with Crippen LogP contribution in [0.25, 0.3) is 0 Å². The van der Waals surface area contributed by atoms with Crippen molar-refractivity contribution in [3.63, 3.8) is 0 Å². The molecule has 2 amide bonds. The van der Waals surface area contributed by atoms with Gasteiger partial charge in [0.2, 0.25) is 0 Å². The van der Waals surface area contributed by atoms with Crippen LogP contribution < -0.4 is 10.3 Å². The molecule has 1 fully saturated rings. The van der Waals surface area contributed by atoms with E-state index in [1.807, 2.05) is 0 Å². The van der Waals surface area contributed by atoms with Crippen molar-refractivity contribution in [1.82, 2.24) is 9.84 Å². The number of carbonyl (C=O) groups excluding carboxylic acids is 1. The number of hydrogen-bond acceptors (Lipinski definition) is 4. The van der Waals surface area contributed by atoms with Crippen LogP contribution in [0.3, 0.4) is 0 Å². The van der Waals surface area contributed by atoms with Crippen LogP contribution >= 0.6 is 58.4 Å². The van der Waals surface area contributed by atoms with Gasteiger partial charge in [0.15, 0.2) is 0 Å². The highest BCUT2D eigenvalue weighted by Crippen LogP contribution is 2.42. The molecule has 1 heterocycles. The third-order valence-electron chi connectivity index (χ3n) is 2.56. The molecule has 1 N–H and O–H groups in total. The minimum Gasteiger partial charge on any atom is -0.381 e. The summed E-state index contributed by atoms with van der Waals surface area (Å²) in [6.07, 6.45) is -0.430. The summed E-state index contributed by atoms with van der Waals surface area (Å²) in [5.41, 5.74) is 3.54. The number of benzene rings is 1. The van der Waals surface area contributed by atoms with Crippen LogP contribution in [0.2, 0.25) is 5.02 Å². The van der Waals surface area contributed by atoms with Gasteiger partial charge in [0, 0.05) is 29.8 Å². The Morgan fingerprint density at radius 3 is 2.71 bits per heavy atom. The van der Waals surface area contributed by atoms with Crippen LogP contribution in [-0.4, -0.2) is 33.5 Å². The summed E-state index contributed by atoms with van der Waals surface area (Å²) in [5, 5.41) is 0.518. The zero-order valence-electron chi connectivity index (χ0n) is 10.7. The van der Waals surface area contributed by atoms with Crippen LogP contribution in [0, 0.1) is 0 Å². The van der Waals surface area contributed by atoms with Crippen molar-refractivity contribution in [1.29, 1.82) is 0 Å². The minimum absolute atomic E-state index is 0.259. The van der Waals surface area contributed by atoms with Gasteiger partial charge in [0.05, 0.1) is 6.61 Å². The maximum atomic E-state index is 12.5. The summed E-state index contributed by atoms with van der Waals surface area (Å²) in [6.45, 7) is 0.259. The van der Waals surface area contributed by atoms with E-state index in [1.165, 1.54) is 12.0 Å². The van der Waals surface area contributed by atoms with Gasteiger partial charge in [-0.15, -0.1) is 0 Å². The summed E-state index contributed by atoms with van der Waals surface area (Å²) in [6, 6.07) is 6.53. The number of rotatable bonds is 4. The Hall–Kier alpha value is -0.0800. The molecular formula is C11H11Cl4N3O2S. The summed E-state index contributed by atoms with van der Waals surface area (Å²) in [7, 11) is 1.53. The minimum atomic E-state index is -1.66. The molecule has 0 aromatic heterocycles. The molecule has 0 bridgehead atoms. The lowest BCUT2D eigenvalue weighted by Crippen LogP contribution is -2.41. The number of amides is 2. The number of hydrazine groups is 1. The lowest BCUT2D eigenvalue weighted by Gasteiger charge is -2.21. The average molecular weight is 391 g/mol. The number of methoxy groups -OCH3 is 1. The highest BCUT2D eigenvalue weighted by atomic mass is 35.6. The molecule has 1 aromatic carbocycles. The second kappa shape index (κ2) is 7.00. The van der Waals surface area contributed by atoms with Crippen molar-refractivity contribution in [3.05, 3.63) is 29.3 Å². The Bertz CT molecular complexity index is 528. The lowest BCUT2D eigenvalue weighted by molar-refractivity contribution is 0.166. The maximum absolute atomic E-state index is 12.5. The predicted molar refractivity (Wildman–Crippen MR) is 87.8 cm³/mol. The van der Waals surface area contributed by atoms with Crippen LogP contribution in [0.4, 0.5) is 10.5 Å². The average Bonchev–Trinajstić information content (AvgIpc) is 2.64. The highest BCUT2D eigenvalue weighted by Gasteiger charge is 2.42. The van der Waals surface area contributed by atoms with E-state index in [4.69, 9.17) is 51.1 Å². The van der Waals surface area contributed by atoms with Crippen molar-refractivity contribution in [2.75, 3.05) is 18.6 Å². The van der Waals surface area contributed by atoms with E-state index in [2.05, 4.69) is 5.43 Å². The van der Waals surface area contributed by atoms with Gasteiger partial charge in [0.25, 0.3) is 3.12 Å². The van der Waals surface area contributed by atoms with Gasteiger partial charge in [0.1, 0.15) is 6.17 Å². The number of urea groups is 1. The van der Waals surface area contributed by atoms with Crippen molar-refractivity contribution in [2.45, 2.75) is 9.29 Å². The van der Waals surface area contributed by atoms with E-state index in [-0.39, 0.29) is 12.6 Å². The van der Waals surface area contributed by atoms with Crippen LogP contribution in [0.1, 0.15) is 0 Å². The summed E-state index contributed by atoms with van der Waals surface area (Å²) in [5.74, 6) is 0. The number of ether oxygens (including phenoxy) is 1. The SMILES string of the molecule is COCC1NN(SC(Cl)(Cl)Cl)C(=O)N1c1cccc(Cl)c1. The Balaban J connectivity index is 2.26. The predicted octanol–water partition coefficient (Wildman–Crippen LogP) is 4.04. The molecule has 10 heteroatoms. The first-order valence-corrected chi connectivity index (χ1v) is 8.00. The van der Waals surface area contributed by atoms with E-state index in [9.17, 15) is 4.79 Å². The van der Waals surface area contributed by atoms with Gasteiger partial charge >= 0.3 is 6.03 Å². The molecule has 2 rings (SSSR count). The zero-order chi connectivity index (χ0) is 15.6. The Morgan fingerprint density at radius 1 is 1.43 bits per heavy atom.